The van der Waals surface area contributed by atoms with Crippen molar-refractivity contribution in [3.05, 3.63) is 41.6 Å². The van der Waals surface area contributed by atoms with E-state index in [0.717, 1.165) is 6.26 Å². The number of amides is 1. The summed E-state index contributed by atoms with van der Waals surface area (Å²) in [5.74, 6) is -2.24. The van der Waals surface area contributed by atoms with E-state index in [4.69, 9.17) is 0 Å². The van der Waals surface area contributed by atoms with Crippen molar-refractivity contribution in [3.63, 3.8) is 0 Å². The number of alkyl halides is 6. The molecule has 0 unspecified atom stereocenters. The van der Waals surface area contributed by atoms with Crippen molar-refractivity contribution in [2.75, 3.05) is 17.6 Å². The summed E-state index contributed by atoms with van der Waals surface area (Å²) < 4.78 is 109. The van der Waals surface area contributed by atoms with Gasteiger partial charge in [0, 0.05) is 11.3 Å². The summed E-state index contributed by atoms with van der Waals surface area (Å²) in [7, 11) is -3.66. The molecule has 1 aromatic carbocycles. The van der Waals surface area contributed by atoms with E-state index in [1.165, 1.54) is 24.3 Å². The van der Waals surface area contributed by atoms with Crippen LogP contribution in [0.25, 0.3) is 11.1 Å². The fourth-order valence-electron chi connectivity index (χ4n) is 3.81. The first kappa shape index (κ1) is 28.5. The number of ether oxygens (including phenoxy) is 1. The molecule has 8 nitrogen and oxygen atoms in total. The van der Waals surface area contributed by atoms with Gasteiger partial charge in [-0.25, -0.2) is 13.4 Å². The van der Waals surface area contributed by atoms with Gasteiger partial charge in [0.1, 0.15) is 0 Å². The van der Waals surface area contributed by atoms with Crippen LogP contribution >= 0.6 is 0 Å². The number of halogens is 6. The average Bonchev–Trinajstić information content (AvgIpc) is 2.77. The van der Waals surface area contributed by atoms with Crippen LogP contribution in [-0.4, -0.2) is 55.6 Å². The monoisotopic (exact) mass is 555 g/mol. The Bertz CT molecular complexity index is 1230. The van der Waals surface area contributed by atoms with Gasteiger partial charge in [-0.15, -0.1) is 0 Å². The van der Waals surface area contributed by atoms with Gasteiger partial charge in [0.2, 0.25) is 15.9 Å². The molecular weight excluding hydrogens is 532 g/mol. The second-order valence-corrected chi connectivity index (χ2v) is 10.3. The Morgan fingerprint density at radius 1 is 1.11 bits per heavy atom. The van der Waals surface area contributed by atoms with Crippen LogP contribution in [0.4, 0.5) is 32.0 Å². The largest absolute Gasteiger partial charge is 0.468 e. The van der Waals surface area contributed by atoms with Crippen molar-refractivity contribution in [1.29, 1.82) is 0 Å². The zero-order chi connectivity index (χ0) is 27.6. The van der Waals surface area contributed by atoms with Crippen LogP contribution in [0.5, 0.6) is 5.88 Å². The smallest absolute Gasteiger partial charge is 0.434 e. The van der Waals surface area contributed by atoms with Crippen molar-refractivity contribution < 1.29 is 49.4 Å². The van der Waals surface area contributed by atoms with Crippen molar-refractivity contribution in [1.82, 2.24) is 10.3 Å². The fraction of sp³-hybridized carbons (Fsp3) is 0.455. The van der Waals surface area contributed by atoms with Crippen molar-refractivity contribution >= 4 is 21.6 Å². The summed E-state index contributed by atoms with van der Waals surface area (Å²) in [4.78, 5) is 16.1. The standard InChI is InChI=1S/C22H23F6N3O5S/c1-37(34,35)31-13-8-6-12(7-9-13)14-10-15(19(33)29-16-4-2-3-5-17(16)32)18(22(26,27)28)30-20(14)36-11-21(23,24)25/h6-10,16-17,31-32H,2-5,11H2,1H3,(H,29,33)/t16-,17-/m1/s1. The summed E-state index contributed by atoms with van der Waals surface area (Å²) in [6.07, 6.45) is -8.21. The van der Waals surface area contributed by atoms with Crippen LogP contribution in [0.2, 0.25) is 0 Å². The predicted octanol–water partition coefficient (Wildman–Crippen LogP) is 4.11. The zero-order valence-electron chi connectivity index (χ0n) is 19.3. The highest BCUT2D eigenvalue weighted by molar-refractivity contribution is 7.92. The third kappa shape index (κ3) is 7.95. The minimum atomic E-state index is -5.23. The fourth-order valence-corrected chi connectivity index (χ4v) is 4.37. The molecule has 37 heavy (non-hydrogen) atoms. The second-order valence-electron chi connectivity index (χ2n) is 8.52. The molecule has 0 radical (unpaired) electrons. The number of aromatic nitrogens is 1. The molecule has 3 N–H and O–H groups in total. The molecule has 1 heterocycles. The number of aliphatic hydroxyl groups is 1. The predicted molar refractivity (Wildman–Crippen MR) is 120 cm³/mol. The van der Waals surface area contributed by atoms with Gasteiger partial charge in [-0.2, -0.15) is 26.3 Å². The molecule has 1 aromatic heterocycles. The quantitative estimate of drug-likeness (QED) is 0.443. The number of hydrogen-bond acceptors (Lipinski definition) is 6. The number of carbonyl (C=O) groups is 1. The van der Waals surface area contributed by atoms with E-state index in [9.17, 15) is 44.7 Å². The molecule has 1 fully saturated rings. The van der Waals surface area contributed by atoms with Crippen LogP contribution in [0.1, 0.15) is 41.7 Å². The zero-order valence-corrected chi connectivity index (χ0v) is 20.1. The van der Waals surface area contributed by atoms with Crippen LogP contribution in [0.15, 0.2) is 30.3 Å². The number of benzene rings is 1. The molecule has 0 bridgehead atoms. The number of carbonyl (C=O) groups excluding carboxylic acids is 1. The van der Waals surface area contributed by atoms with Gasteiger partial charge in [0.05, 0.1) is 24.0 Å². The lowest BCUT2D eigenvalue weighted by Crippen LogP contribution is -2.45. The van der Waals surface area contributed by atoms with Crippen LogP contribution in [-0.2, 0) is 16.2 Å². The van der Waals surface area contributed by atoms with Crippen LogP contribution in [0.3, 0.4) is 0 Å². The molecular formula is C22H23F6N3O5S. The number of nitrogens with one attached hydrogen (secondary N) is 2. The first-order valence-corrected chi connectivity index (χ1v) is 12.8. The molecule has 15 heteroatoms. The van der Waals surface area contributed by atoms with Gasteiger partial charge in [-0.3, -0.25) is 9.52 Å². The highest BCUT2D eigenvalue weighted by atomic mass is 32.2. The number of pyridine rings is 1. The summed E-state index contributed by atoms with van der Waals surface area (Å²) in [5.41, 5.74) is -3.01. The van der Waals surface area contributed by atoms with Gasteiger partial charge in [-0.05, 0) is 36.6 Å². The number of hydrogen-bond donors (Lipinski definition) is 3. The highest BCUT2D eigenvalue weighted by Crippen LogP contribution is 2.38. The minimum Gasteiger partial charge on any atom is -0.468 e. The van der Waals surface area contributed by atoms with E-state index < -0.39 is 64.2 Å². The Hall–Kier alpha value is -3.07. The van der Waals surface area contributed by atoms with Crippen molar-refractivity contribution in [2.45, 2.75) is 50.2 Å². The van der Waals surface area contributed by atoms with Gasteiger partial charge in [-0.1, -0.05) is 25.0 Å². The van der Waals surface area contributed by atoms with Crippen molar-refractivity contribution in [2.24, 2.45) is 0 Å². The van der Waals surface area contributed by atoms with Gasteiger partial charge in [0.25, 0.3) is 5.91 Å². The van der Waals surface area contributed by atoms with E-state index >= 15 is 0 Å². The Morgan fingerprint density at radius 3 is 2.27 bits per heavy atom. The SMILES string of the molecule is CS(=O)(=O)Nc1ccc(-c2cc(C(=O)N[C@@H]3CCCC[C@H]3O)c(C(F)(F)F)nc2OCC(F)(F)F)cc1. The van der Waals surface area contributed by atoms with Gasteiger partial charge < -0.3 is 15.2 Å². The Morgan fingerprint density at radius 2 is 1.73 bits per heavy atom. The summed E-state index contributed by atoms with van der Waals surface area (Å²) in [6.45, 7) is -1.95. The molecule has 2 aromatic rings. The minimum absolute atomic E-state index is 0.00389. The third-order valence-corrected chi connectivity index (χ3v) is 6.02. The highest BCUT2D eigenvalue weighted by Gasteiger charge is 2.40. The Balaban J connectivity index is 2.10. The number of rotatable bonds is 7. The maximum Gasteiger partial charge on any atom is 0.434 e. The molecule has 0 spiro atoms. The van der Waals surface area contributed by atoms with Crippen LogP contribution < -0.4 is 14.8 Å². The van der Waals surface area contributed by atoms with Crippen LogP contribution in [0, 0.1) is 0 Å². The molecule has 1 saturated carbocycles. The van der Waals surface area contributed by atoms with E-state index in [1.54, 1.807) is 0 Å². The Kier molecular flexibility index (Phi) is 8.27. The first-order valence-electron chi connectivity index (χ1n) is 10.9. The average molecular weight is 555 g/mol. The lowest BCUT2D eigenvalue weighted by Gasteiger charge is -2.28. The van der Waals surface area contributed by atoms with Gasteiger partial charge in [0.15, 0.2) is 12.3 Å². The van der Waals surface area contributed by atoms with E-state index in [1.807, 2.05) is 0 Å². The maximum absolute atomic E-state index is 13.8. The normalized spacial score (nSPS) is 18.8. The van der Waals surface area contributed by atoms with Gasteiger partial charge >= 0.3 is 12.4 Å². The molecule has 1 aliphatic carbocycles. The van der Waals surface area contributed by atoms with Crippen molar-refractivity contribution in [3.8, 4) is 17.0 Å². The number of nitrogens with zero attached hydrogens (tertiary/aromatic N) is 1. The number of sulfonamides is 1. The van der Waals surface area contributed by atoms with E-state index in [2.05, 4.69) is 19.8 Å². The summed E-state index contributed by atoms with van der Waals surface area (Å²) in [6, 6.07) is 4.77. The topological polar surface area (TPSA) is 118 Å². The molecule has 1 amide bonds. The summed E-state index contributed by atoms with van der Waals surface area (Å²) in [5, 5.41) is 12.5. The number of anilines is 1. The lowest BCUT2D eigenvalue weighted by atomic mass is 9.92. The molecule has 0 saturated heterocycles. The summed E-state index contributed by atoms with van der Waals surface area (Å²) >= 11 is 0. The molecule has 3 rings (SSSR count). The first-order chi connectivity index (χ1) is 17.0. The lowest BCUT2D eigenvalue weighted by molar-refractivity contribution is -0.154. The molecule has 2 atom stereocenters. The molecule has 0 aliphatic heterocycles. The molecule has 1 aliphatic rings. The maximum atomic E-state index is 13.8. The number of aliphatic hydroxyl groups excluding tert-OH is 1. The third-order valence-electron chi connectivity index (χ3n) is 5.42. The molecule has 204 valence electrons. The van der Waals surface area contributed by atoms with E-state index in [0.29, 0.717) is 31.7 Å². The second kappa shape index (κ2) is 10.7. The Labute approximate surface area is 208 Å². The van der Waals surface area contributed by atoms with E-state index in [-0.39, 0.29) is 16.8 Å².